The normalized spacial score (nSPS) is 22.4. The highest BCUT2D eigenvalue weighted by Crippen LogP contribution is 2.17. The lowest BCUT2D eigenvalue weighted by molar-refractivity contribution is 0.497. The van der Waals surface area contributed by atoms with Crippen molar-refractivity contribution in [3.05, 3.63) is 22.8 Å². The lowest BCUT2D eigenvalue weighted by atomic mass is 10.2. The molecule has 1 aliphatic rings. The zero-order valence-electron chi connectivity index (χ0n) is 8.20. The highest BCUT2D eigenvalue weighted by atomic mass is 79.9. The number of pyridine rings is 1. The number of rotatable bonds is 1. The molecule has 2 rings (SSSR count). The Morgan fingerprint density at radius 3 is 3.14 bits per heavy atom. The topological polar surface area (TPSA) is 28.2 Å². The van der Waals surface area contributed by atoms with Gasteiger partial charge in [0, 0.05) is 25.7 Å². The number of nitrogens with zero attached hydrogens (tertiary/aromatic N) is 2. The number of hydrogen-bond acceptors (Lipinski definition) is 3. The molecule has 1 aromatic rings. The molecule has 0 spiro atoms. The third kappa shape index (κ3) is 2.07. The van der Waals surface area contributed by atoms with E-state index < -0.39 is 0 Å². The standard InChI is InChI=1S/C10H14BrN3/c1-8-7-12-5-6-14(8)10-4-2-3-9(11)13-10/h2-4,8,12H,5-7H2,1H3. The first-order valence-electron chi connectivity index (χ1n) is 4.87. The van der Waals surface area contributed by atoms with Crippen LogP contribution in [0.1, 0.15) is 6.92 Å². The number of aromatic nitrogens is 1. The first-order chi connectivity index (χ1) is 6.77. The number of piperazine rings is 1. The van der Waals surface area contributed by atoms with Gasteiger partial charge in [-0.3, -0.25) is 0 Å². The van der Waals surface area contributed by atoms with Crippen molar-refractivity contribution in [1.82, 2.24) is 10.3 Å². The minimum absolute atomic E-state index is 0.519. The Kier molecular flexibility index (Phi) is 3.03. The van der Waals surface area contributed by atoms with Crippen molar-refractivity contribution in [2.75, 3.05) is 24.5 Å². The average molecular weight is 256 g/mol. The second-order valence-corrected chi connectivity index (χ2v) is 4.38. The van der Waals surface area contributed by atoms with Crippen LogP contribution in [0.15, 0.2) is 22.8 Å². The van der Waals surface area contributed by atoms with E-state index in [2.05, 4.69) is 44.1 Å². The summed E-state index contributed by atoms with van der Waals surface area (Å²) < 4.78 is 0.903. The van der Waals surface area contributed by atoms with Crippen LogP contribution in [0.4, 0.5) is 5.82 Å². The minimum atomic E-state index is 0.519. The van der Waals surface area contributed by atoms with Crippen LogP contribution in [0.25, 0.3) is 0 Å². The van der Waals surface area contributed by atoms with Crippen LogP contribution in [0.3, 0.4) is 0 Å². The molecule has 1 unspecified atom stereocenters. The SMILES string of the molecule is CC1CNCCN1c1cccc(Br)n1. The molecule has 1 aromatic heterocycles. The fourth-order valence-electron chi connectivity index (χ4n) is 1.74. The highest BCUT2D eigenvalue weighted by molar-refractivity contribution is 9.10. The molecule has 14 heavy (non-hydrogen) atoms. The van der Waals surface area contributed by atoms with Gasteiger partial charge in [-0.25, -0.2) is 4.98 Å². The maximum absolute atomic E-state index is 4.46. The Hall–Kier alpha value is -0.610. The molecular formula is C10H14BrN3. The zero-order valence-corrected chi connectivity index (χ0v) is 9.79. The van der Waals surface area contributed by atoms with Crippen molar-refractivity contribution < 1.29 is 0 Å². The number of anilines is 1. The first-order valence-corrected chi connectivity index (χ1v) is 5.66. The Labute approximate surface area is 92.6 Å². The summed E-state index contributed by atoms with van der Waals surface area (Å²) in [6.07, 6.45) is 0. The van der Waals surface area contributed by atoms with Crippen molar-refractivity contribution in [3.63, 3.8) is 0 Å². The molecule has 0 aromatic carbocycles. The molecule has 0 radical (unpaired) electrons. The molecule has 1 aliphatic heterocycles. The molecule has 1 N–H and O–H groups in total. The quantitative estimate of drug-likeness (QED) is 0.774. The molecule has 76 valence electrons. The molecule has 1 saturated heterocycles. The second kappa shape index (κ2) is 4.28. The minimum Gasteiger partial charge on any atom is -0.351 e. The van der Waals surface area contributed by atoms with Crippen LogP contribution < -0.4 is 10.2 Å². The third-order valence-corrected chi connectivity index (χ3v) is 2.94. The maximum atomic E-state index is 4.46. The summed E-state index contributed by atoms with van der Waals surface area (Å²) >= 11 is 3.40. The molecule has 0 bridgehead atoms. The average Bonchev–Trinajstić information content (AvgIpc) is 2.18. The molecule has 1 atom stereocenters. The Bertz CT molecular complexity index is 316. The number of nitrogens with one attached hydrogen (secondary N) is 1. The highest BCUT2D eigenvalue weighted by Gasteiger charge is 2.18. The monoisotopic (exact) mass is 255 g/mol. The molecular weight excluding hydrogens is 242 g/mol. The van der Waals surface area contributed by atoms with Crippen molar-refractivity contribution in [2.24, 2.45) is 0 Å². The Balaban J connectivity index is 2.20. The van der Waals surface area contributed by atoms with Gasteiger partial charge >= 0.3 is 0 Å². The number of halogens is 1. The van der Waals surface area contributed by atoms with Gasteiger partial charge in [0.1, 0.15) is 10.4 Å². The predicted molar refractivity (Wildman–Crippen MR) is 61.6 cm³/mol. The van der Waals surface area contributed by atoms with Crippen LogP contribution in [0.2, 0.25) is 0 Å². The zero-order chi connectivity index (χ0) is 9.97. The van der Waals surface area contributed by atoms with E-state index in [1.807, 2.05) is 12.1 Å². The second-order valence-electron chi connectivity index (χ2n) is 3.57. The van der Waals surface area contributed by atoms with Gasteiger partial charge in [-0.1, -0.05) is 6.07 Å². The summed E-state index contributed by atoms with van der Waals surface area (Å²) in [7, 11) is 0. The summed E-state index contributed by atoms with van der Waals surface area (Å²) in [5.41, 5.74) is 0. The van der Waals surface area contributed by atoms with E-state index >= 15 is 0 Å². The van der Waals surface area contributed by atoms with E-state index in [-0.39, 0.29) is 0 Å². The maximum Gasteiger partial charge on any atom is 0.130 e. The summed E-state index contributed by atoms with van der Waals surface area (Å²) in [6.45, 7) is 5.33. The fourth-order valence-corrected chi connectivity index (χ4v) is 2.07. The van der Waals surface area contributed by atoms with E-state index in [0.717, 1.165) is 30.1 Å². The molecule has 1 fully saturated rings. The first kappa shape index (κ1) is 9.93. The van der Waals surface area contributed by atoms with Crippen molar-refractivity contribution >= 4 is 21.7 Å². The van der Waals surface area contributed by atoms with E-state index in [1.165, 1.54) is 0 Å². The van der Waals surface area contributed by atoms with Gasteiger partial charge in [0.05, 0.1) is 0 Å². The largest absolute Gasteiger partial charge is 0.351 e. The van der Waals surface area contributed by atoms with Crippen LogP contribution in [-0.2, 0) is 0 Å². The molecule has 3 nitrogen and oxygen atoms in total. The summed E-state index contributed by atoms with van der Waals surface area (Å²) in [4.78, 5) is 6.80. The van der Waals surface area contributed by atoms with Crippen LogP contribution >= 0.6 is 15.9 Å². The van der Waals surface area contributed by atoms with Gasteiger partial charge in [0.2, 0.25) is 0 Å². The summed E-state index contributed by atoms with van der Waals surface area (Å²) in [5, 5.41) is 3.37. The van der Waals surface area contributed by atoms with Crippen LogP contribution in [0.5, 0.6) is 0 Å². The third-order valence-electron chi connectivity index (χ3n) is 2.50. The predicted octanol–water partition coefficient (Wildman–Crippen LogP) is 1.64. The van der Waals surface area contributed by atoms with Crippen LogP contribution in [-0.4, -0.2) is 30.7 Å². The lowest BCUT2D eigenvalue weighted by Crippen LogP contribution is -2.50. The van der Waals surface area contributed by atoms with Crippen molar-refractivity contribution in [1.29, 1.82) is 0 Å². The molecule has 0 aliphatic carbocycles. The van der Waals surface area contributed by atoms with Gasteiger partial charge in [0.25, 0.3) is 0 Å². The van der Waals surface area contributed by atoms with Crippen LogP contribution in [0, 0.1) is 0 Å². The van der Waals surface area contributed by atoms with Gasteiger partial charge < -0.3 is 10.2 Å². The molecule has 0 amide bonds. The van der Waals surface area contributed by atoms with E-state index in [1.54, 1.807) is 0 Å². The van der Waals surface area contributed by atoms with Gasteiger partial charge in [-0.2, -0.15) is 0 Å². The summed E-state index contributed by atoms with van der Waals surface area (Å²) in [6, 6.07) is 6.56. The Morgan fingerprint density at radius 2 is 2.43 bits per heavy atom. The van der Waals surface area contributed by atoms with Gasteiger partial charge in [-0.05, 0) is 35.0 Å². The smallest absolute Gasteiger partial charge is 0.130 e. The fraction of sp³-hybridized carbons (Fsp3) is 0.500. The molecule has 2 heterocycles. The number of hydrogen-bond donors (Lipinski definition) is 1. The van der Waals surface area contributed by atoms with Gasteiger partial charge in [0.15, 0.2) is 0 Å². The summed E-state index contributed by atoms with van der Waals surface area (Å²) in [5.74, 6) is 1.06. The van der Waals surface area contributed by atoms with Crippen molar-refractivity contribution in [3.8, 4) is 0 Å². The molecule has 4 heteroatoms. The lowest BCUT2D eigenvalue weighted by Gasteiger charge is -2.34. The van der Waals surface area contributed by atoms with Gasteiger partial charge in [-0.15, -0.1) is 0 Å². The van der Waals surface area contributed by atoms with E-state index in [4.69, 9.17) is 0 Å². The van der Waals surface area contributed by atoms with E-state index in [9.17, 15) is 0 Å². The van der Waals surface area contributed by atoms with Crippen molar-refractivity contribution in [2.45, 2.75) is 13.0 Å². The van der Waals surface area contributed by atoms with E-state index in [0.29, 0.717) is 6.04 Å². The molecule has 0 saturated carbocycles. The Morgan fingerprint density at radius 1 is 1.57 bits per heavy atom.